The van der Waals surface area contributed by atoms with Gasteiger partial charge in [0.2, 0.25) is 15.9 Å². The summed E-state index contributed by atoms with van der Waals surface area (Å²) < 4.78 is 36.5. The Morgan fingerprint density at radius 1 is 1.16 bits per heavy atom. The van der Waals surface area contributed by atoms with Crippen LogP contribution in [0, 0.1) is 0 Å². The summed E-state index contributed by atoms with van der Waals surface area (Å²) in [5, 5.41) is 16.8. The van der Waals surface area contributed by atoms with E-state index in [1.165, 1.54) is 38.0 Å². The normalized spacial score (nSPS) is 22.9. The molecule has 2 aliphatic rings. The molecule has 3 aromatic rings. The quantitative estimate of drug-likeness (QED) is 0.494. The van der Waals surface area contributed by atoms with E-state index in [2.05, 4.69) is 9.82 Å². The van der Waals surface area contributed by atoms with Gasteiger partial charge in [0.1, 0.15) is 29.8 Å². The molecule has 1 saturated heterocycles. The fourth-order valence-electron chi connectivity index (χ4n) is 4.79. The first-order valence-corrected chi connectivity index (χ1v) is 14.6. The summed E-state index contributed by atoms with van der Waals surface area (Å²) >= 11 is 1.43. The summed E-state index contributed by atoms with van der Waals surface area (Å²) in [4.78, 5) is 30.8. The van der Waals surface area contributed by atoms with Gasteiger partial charge in [-0.05, 0) is 42.5 Å². The molecule has 2 aliphatic heterocycles. The number of aliphatic hydroxyl groups excluding tert-OH is 1. The zero-order chi connectivity index (χ0) is 27.0. The highest BCUT2D eigenvalue weighted by Gasteiger charge is 2.39. The smallest absolute Gasteiger partial charge is 0.271 e. The number of carbonyl (C=O) groups excluding carboxylic acids is 2. The van der Waals surface area contributed by atoms with Crippen LogP contribution in [-0.2, 0) is 21.9 Å². The molecule has 1 aromatic carbocycles. The number of hydrogen-bond donors (Lipinski definition) is 2. The van der Waals surface area contributed by atoms with Gasteiger partial charge in [0.05, 0.1) is 21.9 Å². The van der Waals surface area contributed by atoms with E-state index in [4.69, 9.17) is 4.74 Å². The molecule has 0 unspecified atom stereocenters. The van der Waals surface area contributed by atoms with Gasteiger partial charge in [-0.15, -0.1) is 11.3 Å². The average molecular weight is 560 g/mol. The number of nitrogens with one attached hydrogen (secondary N) is 1. The molecule has 3 atom stereocenters. The van der Waals surface area contributed by atoms with Gasteiger partial charge in [0.25, 0.3) is 5.91 Å². The SMILES string of the molecule is CN1CC[C@H](NS(=O)(=O)c2ccccc2)C(=O)N2C[C@@H](O)C[C@H]2COc2ccsc2-c2cc(n(C)n2)C1=O. The molecule has 2 amide bonds. The van der Waals surface area contributed by atoms with E-state index in [1.807, 2.05) is 5.38 Å². The summed E-state index contributed by atoms with van der Waals surface area (Å²) in [7, 11) is -0.752. The second kappa shape index (κ2) is 10.5. The molecule has 2 aromatic heterocycles. The fraction of sp³-hybridized carbons (Fsp3) is 0.400. The van der Waals surface area contributed by atoms with Crippen molar-refractivity contribution in [2.75, 3.05) is 26.7 Å². The number of ether oxygens (including phenoxy) is 1. The Morgan fingerprint density at radius 2 is 1.92 bits per heavy atom. The minimum Gasteiger partial charge on any atom is -0.490 e. The van der Waals surface area contributed by atoms with Crippen LogP contribution in [0.25, 0.3) is 10.6 Å². The fourth-order valence-corrected chi connectivity index (χ4v) is 6.83. The number of aromatic nitrogens is 2. The first kappa shape index (κ1) is 26.4. The zero-order valence-electron chi connectivity index (χ0n) is 21.0. The molecule has 0 radical (unpaired) electrons. The number of aryl methyl sites for hydroxylation is 1. The molecule has 2 bridgehead atoms. The van der Waals surface area contributed by atoms with Crippen molar-refractivity contribution < 1.29 is 27.9 Å². The molecule has 13 heteroatoms. The topological polar surface area (TPSA) is 134 Å². The molecule has 2 N–H and O–H groups in total. The Bertz CT molecular complexity index is 1440. The molecule has 0 aliphatic carbocycles. The van der Waals surface area contributed by atoms with Crippen molar-refractivity contribution in [3.63, 3.8) is 0 Å². The van der Waals surface area contributed by atoms with Crippen LogP contribution >= 0.6 is 11.3 Å². The lowest BCUT2D eigenvalue weighted by molar-refractivity contribution is -0.134. The zero-order valence-corrected chi connectivity index (χ0v) is 22.6. The Balaban J connectivity index is 1.51. The lowest BCUT2D eigenvalue weighted by atomic mass is 10.1. The predicted octanol–water partition coefficient (Wildman–Crippen LogP) is 1.31. The largest absolute Gasteiger partial charge is 0.490 e. The number of rotatable bonds is 3. The van der Waals surface area contributed by atoms with Crippen molar-refractivity contribution >= 4 is 33.2 Å². The average Bonchev–Trinajstić information content (AvgIpc) is 3.62. The van der Waals surface area contributed by atoms with Gasteiger partial charge in [-0.25, -0.2) is 8.42 Å². The molecule has 0 spiro atoms. The Hall–Kier alpha value is -3.26. The van der Waals surface area contributed by atoms with Crippen LogP contribution in [0.3, 0.4) is 0 Å². The molecular formula is C25H29N5O6S2. The first-order chi connectivity index (χ1) is 18.1. The standard InChI is InChI=1S/C25H29N5O6S2/c1-28-10-8-19(27-38(34,35)18-6-4-3-5-7-18)24(32)30-14-17(31)12-16(30)15-36-22-9-11-37-23(22)20-13-21(25(28)33)29(2)26-20/h3-7,9,11,13,16-17,19,27,31H,8,10,12,14-15H2,1-2H3/t16-,17-,19-/m0/s1. The van der Waals surface area contributed by atoms with Crippen LogP contribution in [0.2, 0.25) is 0 Å². The first-order valence-electron chi connectivity index (χ1n) is 12.2. The number of nitrogens with zero attached hydrogens (tertiary/aromatic N) is 4. The van der Waals surface area contributed by atoms with E-state index in [9.17, 15) is 23.1 Å². The van der Waals surface area contributed by atoms with Crippen molar-refractivity contribution in [3.8, 4) is 16.3 Å². The van der Waals surface area contributed by atoms with Gasteiger partial charge in [0.15, 0.2) is 0 Å². The molecule has 4 heterocycles. The van der Waals surface area contributed by atoms with Crippen LogP contribution < -0.4 is 9.46 Å². The van der Waals surface area contributed by atoms with Crippen molar-refractivity contribution in [2.45, 2.75) is 35.9 Å². The number of hydrogen-bond acceptors (Lipinski definition) is 8. The number of carbonyl (C=O) groups is 2. The van der Waals surface area contributed by atoms with Crippen LogP contribution in [0.15, 0.2) is 52.7 Å². The van der Waals surface area contributed by atoms with Gasteiger partial charge in [0, 0.05) is 27.2 Å². The van der Waals surface area contributed by atoms with Crippen molar-refractivity contribution in [2.24, 2.45) is 7.05 Å². The minimum atomic E-state index is -4.03. The summed E-state index contributed by atoms with van der Waals surface area (Å²) in [6.45, 7) is 0.281. The number of aliphatic hydroxyl groups is 1. The van der Waals surface area contributed by atoms with E-state index in [-0.39, 0.29) is 36.9 Å². The summed E-state index contributed by atoms with van der Waals surface area (Å²) in [5.74, 6) is -0.227. The second-order valence-electron chi connectivity index (χ2n) is 9.50. The van der Waals surface area contributed by atoms with Crippen molar-refractivity contribution in [1.29, 1.82) is 0 Å². The maximum Gasteiger partial charge on any atom is 0.271 e. The third-order valence-electron chi connectivity index (χ3n) is 6.82. The number of benzene rings is 1. The van der Waals surface area contributed by atoms with E-state index < -0.39 is 34.1 Å². The number of thiophene rings is 1. The Labute approximate surface area is 224 Å². The van der Waals surface area contributed by atoms with Crippen LogP contribution in [0.4, 0.5) is 0 Å². The minimum absolute atomic E-state index is 0.0295. The van der Waals surface area contributed by atoms with Crippen molar-refractivity contribution in [1.82, 2.24) is 24.3 Å². The highest BCUT2D eigenvalue weighted by molar-refractivity contribution is 7.89. The molecule has 38 heavy (non-hydrogen) atoms. The van der Waals surface area contributed by atoms with E-state index >= 15 is 0 Å². The Kier molecular flexibility index (Phi) is 7.27. The molecular weight excluding hydrogens is 530 g/mol. The van der Waals surface area contributed by atoms with Gasteiger partial charge in [-0.1, -0.05) is 18.2 Å². The monoisotopic (exact) mass is 559 g/mol. The molecule has 11 nitrogen and oxygen atoms in total. The molecule has 202 valence electrons. The number of amides is 2. The highest BCUT2D eigenvalue weighted by atomic mass is 32.2. The molecule has 5 rings (SSSR count). The summed E-state index contributed by atoms with van der Waals surface area (Å²) in [6, 6.07) is 9.68. The summed E-state index contributed by atoms with van der Waals surface area (Å²) in [5.41, 5.74) is 0.949. The van der Waals surface area contributed by atoms with Crippen LogP contribution in [0.1, 0.15) is 23.3 Å². The van der Waals surface area contributed by atoms with Crippen molar-refractivity contribution in [3.05, 3.63) is 53.5 Å². The maximum atomic E-state index is 13.8. The van der Waals surface area contributed by atoms with Gasteiger partial charge in [-0.3, -0.25) is 14.3 Å². The lowest BCUT2D eigenvalue weighted by Crippen LogP contribution is -2.52. The van der Waals surface area contributed by atoms with Gasteiger partial charge < -0.3 is 19.6 Å². The Morgan fingerprint density at radius 3 is 2.68 bits per heavy atom. The highest BCUT2D eigenvalue weighted by Crippen LogP contribution is 2.36. The van der Waals surface area contributed by atoms with Gasteiger partial charge >= 0.3 is 0 Å². The lowest BCUT2D eigenvalue weighted by Gasteiger charge is -2.30. The number of sulfonamides is 1. The predicted molar refractivity (Wildman–Crippen MR) is 140 cm³/mol. The third-order valence-corrected chi connectivity index (χ3v) is 9.22. The van der Waals surface area contributed by atoms with E-state index in [0.717, 1.165) is 4.88 Å². The van der Waals surface area contributed by atoms with E-state index in [1.54, 1.807) is 44.4 Å². The number of fused-ring (bicyclic) bond motifs is 5. The molecule has 1 fully saturated rings. The van der Waals surface area contributed by atoms with E-state index in [0.29, 0.717) is 23.6 Å². The maximum absolute atomic E-state index is 13.8. The molecule has 0 saturated carbocycles. The third kappa shape index (κ3) is 5.19. The second-order valence-corrected chi connectivity index (χ2v) is 12.1. The van der Waals surface area contributed by atoms with Crippen LogP contribution in [-0.4, -0.2) is 89.9 Å². The summed E-state index contributed by atoms with van der Waals surface area (Å²) in [6.07, 6.45) is -0.428. The van der Waals surface area contributed by atoms with Crippen LogP contribution in [0.5, 0.6) is 5.75 Å². The van der Waals surface area contributed by atoms with Gasteiger partial charge in [-0.2, -0.15) is 9.82 Å².